The first-order chi connectivity index (χ1) is 21.0. The molecule has 1 heterocycles. The van der Waals surface area contributed by atoms with E-state index < -0.39 is 21.3 Å². The van der Waals surface area contributed by atoms with Crippen LogP contribution in [0.3, 0.4) is 0 Å². The number of carbonyl (C=O) groups is 2. The summed E-state index contributed by atoms with van der Waals surface area (Å²) in [6.45, 7) is 4.90. The molecule has 16 heteroatoms. The summed E-state index contributed by atoms with van der Waals surface area (Å²) in [6.07, 6.45) is 8.64. The summed E-state index contributed by atoms with van der Waals surface area (Å²) in [5, 5.41) is 25.6. The minimum absolute atomic E-state index is 0. The zero-order chi connectivity index (χ0) is 34.6. The number of aliphatic hydroxyl groups excluding tert-OH is 3. The van der Waals surface area contributed by atoms with Crippen LogP contribution in [0.4, 0.5) is 0 Å². The van der Waals surface area contributed by atoms with Gasteiger partial charge < -0.3 is 36.8 Å². The molecule has 47 heavy (non-hydrogen) atoms. The van der Waals surface area contributed by atoms with E-state index in [1.807, 2.05) is 24.5 Å². The molecule has 10 nitrogen and oxygen atoms in total. The number of pyridine rings is 1. The second-order valence-corrected chi connectivity index (χ2v) is 17.3. The number of halogens is 1. The monoisotopic (exact) mass is 772 g/mol. The Bertz CT molecular complexity index is 989. The Kier molecular flexibility index (Phi) is 39.0. The molecular formula is C31H58ClN2NaO8S4. The first-order valence-electron chi connectivity index (χ1n) is 15.3. The maximum atomic E-state index is 11.5. The molecule has 0 aliphatic heterocycles. The summed E-state index contributed by atoms with van der Waals surface area (Å²) in [5.41, 5.74) is 0.509. The van der Waals surface area contributed by atoms with Crippen molar-refractivity contribution in [3.05, 3.63) is 30.1 Å². The van der Waals surface area contributed by atoms with E-state index in [2.05, 4.69) is 26.1 Å². The van der Waals surface area contributed by atoms with E-state index in [1.165, 1.54) is 17.3 Å². The van der Waals surface area contributed by atoms with Crippen LogP contribution < -0.4 is 42.0 Å². The van der Waals surface area contributed by atoms with Gasteiger partial charge in [0, 0.05) is 72.6 Å². The van der Waals surface area contributed by atoms with Crippen LogP contribution in [0.25, 0.3) is 0 Å². The molecule has 1 aromatic heterocycles. The van der Waals surface area contributed by atoms with Crippen LogP contribution in [0.5, 0.6) is 0 Å². The van der Waals surface area contributed by atoms with Gasteiger partial charge in [-0.3, -0.25) is 14.6 Å². The number of thioether (sulfide) groups is 3. The van der Waals surface area contributed by atoms with Crippen LogP contribution in [-0.4, -0.2) is 137 Å². The number of aryl methyl sites for hydroxylation is 1. The zero-order valence-corrected chi connectivity index (χ0v) is 35.3. The standard InChI is InChI=1S/C12H26NO2S.C10H20O5S2.C9H13NOS.ClH.Na/c1-13(2,3)8-5-4-6-12(15)7-10-16-11-9-14;1-10(2,8-17(13,14)15)7-9(12)3-5-16-6-4-11;11-6-8-12-7-3-9-1-4-10-5-2-9;;/h14H,4-11H2,1-3H3;11H,3-8H2,1-2H3,(H,13,14,15);1-2,4-5,11H,3,6-8H2;1H;/q+1;;;;+1/p-2. The van der Waals surface area contributed by atoms with Crippen molar-refractivity contribution in [2.45, 2.75) is 58.8 Å². The molecule has 0 bridgehead atoms. The van der Waals surface area contributed by atoms with Gasteiger partial charge in [-0.05, 0) is 48.1 Å². The largest absolute Gasteiger partial charge is 1.00 e. The van der Waals surface area contributed by atoms with Gasteiger partial charge in [0.15, 0.2) is 0 Å². The Morgan fingerprint density at radius 2 is 1.28 bits per heavy atom. The molecule has 0 saturated heterocycles. The number of carbonyl (C=O) groups excluding carboxylic acids is 2. The van der Waals surface area contributed by atoms with Gasteiger partial charge in [-0.25, -0.2) is 8.42 Å². The molecule has 0 atom stereocenters. The smallest absolute Gasteiger partial charge is 1.00 e. The fraction of sp³-hybridized carbons (Fsp3) is 0.774. The normalized spacial score (nSPS) is 11.2. The summed E-state index contributed by atoms with van der Waals surface area (Å²) in [5.74, 6) is 4.51. The number of unbranched alkanes of at least 4 members (excludes halogenated alkanes) is 1. The van der Waals surface area contributed by atoms with Gasteiger partial charge in [0.1, 0.15) is 11.6 Å². The molecule has 0 unspecified atom stereocenters. The van der Waals surface area contributed by atoms with Gasteiger partial charge in [0.2, 0.25) is 0 Å². The minimum atomic E-state index is -4.30. The van der Waals surface area contributed by atoms with Gasteiger partial charge in [-0.15, -0.1) is 0 Å². The zero-order valence-electron chi connectivity index (χ0n) is 29.3. The Morgan fingerprint density at radius 3 is 1.72 bits per heavy atom. The number of aromatic nitrogens is 1. The summed E-state index contributed by atoms with van der Waals surface area (Å²) >= 11 is 4.90. The van der Waals surface area contributed by atoms with Crippen molar-refractivity contribution in [2.24, 2.45) is 5.41 Å². The number of ketones is 2. The number of hydrogen-bond acceptors (Lipinski definition) is 12. The molecule has 0 amide bonds. The number of quaternary nitrogens is 1. The molecule has 272 valence electrons. The minimum Gasteiger partial charge on any atom is -1.00 e. The van der Waals surface area contributed by atoms with Crippen molar-refractivity contribution in [3.8, 4) is 0 Å². The number of hydrogen-bond donors (Lipinski definition) is 3. The molecule has 0 saturated carbocycles. The molecule has 0 aromatic carbocycles. The summed E-state index contributed by atoms with van der Waals surface area (Å²) in [7, 11) is 2.22. The maximum Gasteiger partial charge on any atom is 1.00 e. The second kappa shape index (κ2) is 33.7. The molecule has 0 fully saturated rings. The van der Waals surface area contributed by atoms with Crippen molar-refractivity contribution >= 4 is 57.0 Å². The number of aliphatic hydroxyl groups is 3. The Balaban J connectivity index is -0.000000292. The van der Waals surface area contributed by atoms with Crippen molar-refractivity contribution in [1.29, 1.82) is 0 Å². The van der Waals surface area contributed by atoms with E-state index in [0.29, 0.717) is 30.1 Å². The van der Waals surface area contributed by atoms with Crippen LogP contribution in [0, 0.1) is 5.41 Å². The van der Waals surface area contributed by atoms with Gasteiger partial charge in [-0.1, -0.05) is 13.8 Å². The van der Waals surface area contributed by atoms with Crippen molar-refractivity contribution in [3.63, 3.8) is 0 Å². The van der Waals surface area contributed by atoms with Crippen LogP contribution >= 0.6 is 35.3 Å². The van der Waals surface area contributed by atoms with Gasteiger partial charge >= 0.3 is 29.6 Å². The number of rotatable bonds is 24. The van der Waals surface area contributed by atoms with Crippen molar-refractivity contribution in [2.75, 3.05) is 87.8 Å². The van der Waals surface area contributed by atoms with E-state index in [4.69, 9.17) is 15.3 Å². The predicted octanol–water partition coefficient (Wildman–Crippen LogP) is -2.46. The molecular weight excluding hydrogens is 715 g/mol. The SMILES string of the molecule is CC(C)(CC(=O)CCSCCO)CS(=O)(=O)[O-].C[N+](C)(C)CCCCC(=O)CCSCCO.OCCSCCc1ccncc1.[Cl-].[Na+]. The predicted molar refractivity (Wildman–Crippen MR) is 190 cm³/mol. The topological polar surface area (TPSA) is 165 Å². The average molecular weight is 774 g/mol. The van der Waals surface area contributed by atoms with Gasteiger partial charge in [0.05, 0.1) is 57.6 Å². The quantitative estimate of drug-likeness (QED) is 0.0440. The molecule has 1 aromatic rings. The van der Waals surface area contributed by atoms with E-state index >= 15 is 0 Å². The second-order valence-electron chi connectivity index (χ2n) is 12.2. The average Bonchev–Trinajstić information content (AvgIpc) is 2.93. The summed E-state index contributed by atoms with van der Waals surface area (Å²) < 4.78 is 32.9. The van der Waals surface area contributed by atoms with Crippen molar-refractivity contribution < 1.29 is 84.3 Å². The Hall–Kier alpha value is 0.580. The Morgan fingerprint density at radius 1 is 0.809 bits per heavy atom. The molecule has 0 aliphatic rings. The molecule has 0 aliphatic carbocycles. The van der Waals surface area contributed by atoms with Crippen LogP contribution in [0.1, 0.15) is 57.9 Å². The summed E-state index contributed by atoms with van der Waals surface area (Å²) in [6, 6.07) is 4.05. The third kappa shape index (κ3) is 44.6. The molecule has 0 spiro atoms. The fourth-order valence-corrected chi connectivity index (χ4v) is 6.98. The van der Waals surface area contributed by atoms with Crippen LogP contribution in [-0.2, 0) is 26.1 Å². The maximum absolute atomic E-state index is 11.5. The van der Waals surface area contributed by atoms with Crippen LogP contribution in [0.15, 0.2) is 24.5 Å². The van der Waals surface area contributed by atoms with Crippen molar-refractivity contribution in [1.82, 2.24) is 4.98 Å². The first kappa shape index (κ1) is 54.4. The Labute approximate surface area is 325 Å². The first-order valence-corrected chi connectivity index (χ1v) is 20.3. The van der Waals surface area contributed by atoms with E-state index in [0.717, 1.165) is 59.7 Å². The molecule has 1 rings (SSSR count). The molecule has 3 N–H and O–H groups in total. The molecule has 0 radical (unpaired) electrons. The summed E-state index contributed by atoms with van der Waals surface area (Å²) in [4.78, 5) is 26.9. The van der Waals surface area contributed by atoms with E-state index in [-0.39, 0.29) is 74.0 Å². The fourth-order valence-electron chi connectivity index (χ4n) is 3.80. The number of nitrogens with zero attached hydrogens (tertiary/aromatic N) is 2. The van der Waals surface area contributed by atoms with E-state index in [9.17, 15) is 22.6 Å². The number of Topliss-reactive ketones (excluding diaryl/α,β-unsaturated/α-hetero) is 2. The third-order valence-electron chi connectivity index (χ3n) is 5.82. The third-order valence-corrected chi connectivity index (χ3v) is 9.85. The van der Waals surface area contributed by atoms with E-state index in [1.54, 1.807) is 37.4 Å². The van der Waals surface area contributed by atoms with Gasteiger partial charge in [0.25, 0.3) is 0 Å². The van der Waals surface area contributed by atoms with Gasteiger partial charge in [-0.2, -0.15) is 35.3 Å². The van der Waals surface area contributed by atoms with Crippen LogP contribution in [0.2, 0.25) is 0 Å².